The zero-order valence-electron chi connectivity index (χ0n) is 25.5. The van der Waals surface area contributed by atoms with E-state index in [1.54, 1.807) is 29.9 Å². The van der Waals surface area contributed by atoms with Crippen LogP contribution in [0.25, 0.3) is 22.4 Å². The van der Waals surface area contributed by atoms with Gasteiger partial charge in [-0.25, -0.2) is 13.4 Å². The van der Waals surface area contributed by atoms with E-state index in [0.29, 0.717) is 41.8 Å². The molecule has 43 heavy (non-hydrogen) atoms. The second-order valence-electron chi connectivity index (χ2n) is 11.5. The largest absolute Gasteiger partial charge is 0.493 e. The van der Waals surface area contributed by atoms with Crippen LogP contribution in [0.4, 0.5) is 0 Å². The van der Waals surface area contributed by atoms with Crippen molar-refractivity contribution in [1.29, 1.82) is 0 Å². The normalized spacial score (nSPS) is 15.9. The summed E-state index contributed by atoms with van der Waals surface area (Å²) in [6.45, 7) is 8.07. The number of nitrogens with one attached hydrogen (secondary N) is 2. The Morgan fingerprint density at radius 3 is 2.49 bits per heavy atom. The highest BCUT2D eigenvalue weighted by atomic mass is 32.2. The molecular formula is C32H42N6O4S. The number of aromatic amines is 1. The van der Waals surface area contributed by atoms with E-state index in [-0.39, 0.29) is 16.3 Å². The van der Waals surface area contributed by atoms with Crippen LogP contribution in [-0.4, -0.2) is 58.4 Å². The van der Waals surface area contributed by atoms with Crippen molar-refractivity contribution in [3.8, 4) is 17.1 Å². The van der Waals surface area contributed by atoms with Gasteiger partial charge in [0.1, 0.15) is 17.1 Å². The zero-order valence-corrected chi connectivity index (χ0v) is 26.3. The average Bonchev–Trinajstić information content (AvgIpc) is 3.32. The highest BCUT2D eigenvalue weighted by Crippen LogP contribution is 2.33. The lowest BCUT2D eigenvalue weighted by Gasteiger charge is -2.43. The molecule has 0 saturated carbocycles. The predicted octanol–water partition coefficient (Wildman–Crippen LogP) is 4.79. The number of ether oxygens (including phenoxy) is 1. The van der Waals surface area contributed by atoms with Gasteiger partial charge in [0, 0.05) is 13.5 Å². The van der Waals surface area contributed by atoms with E-state index >= 15 is 0 Å². The second-order valence-corrected chi connectivity index (χ2v) is 13.2. The summed E-state index contributed by atoms with van der Waals surface area (Å²) < 4.78 is 38.9. The van der Waals surface area contributed by atoms with Crippen molar-refractivity contribution >= 4 is 21.1 Å². The van der Waals surface area contributed by atoms with E-state index in [0.717, 1.165) is 56.5 Å². The minimum Gasteiger partial charge on any atom is -0.493 e. The molecule has 2 N–H and O–H groups in total. The van der Waals surface area contributed by atoms with Crippen molar-refractivity contribution in [2.24, 2.45) is 7.05 Å². The molecule has 5 rings (SSSR count). The van der Waals surface area contributed by atoms with Gasteiger partial charge < -0.3 is 9.72 Å². The van der Waals surface area contributed by atoms with Crippen LogP contribution in [-0.2, 0) is 29.9 Å². The summed E-state index contributed by atoms with van der Waals surface area (Å²) in [5.74, 6) is 0.696. The second kappa shape index (κ2) is 13.0. The monoisotopic (exact) mass is 606 g/mol. The summed E-state index contributed by atoms with van der Waals surface area (Å²) in [5, 5.41) is 4.52. The number of aryl methyl sites for hydroxylation is 2. The summed E-state index contributed by atoms with van der Waals surface area (Å²) in [7, 11) is -2.28. The summed E-state index contributed by atoms with van der Waals surface area (Å²) in [6, 6.07) is 14.7. The Morgan fingerprint density at radius 2 is 1.79 bits per heavy atom. The van der Waals surface area contributed by atoms with Crippen molar-refractivity contribution in [2.75, 3.05) is 19.7 Å². The minimum atomic E-state index is -4.00. The molecule has 1 saturated heterocycles. The van der Waals surface area contributed by atoms with Crippen LogP contribution >= 0.6 is 0 Å². The van der Waals surface area contributed by atoms with Gasteiger partial charge in [-0.15, -0.1) is 0 Å². The van der Waals surface area contributed by atoms with Gasteiger partial charge in [-0.2, -0.15) is 9.82 Å². The molecule has 230 valence electrons. The van der Waals surface area contributed by atoms with Gasteiger partial charge in [0.25, 0.3) is 5.56 Å². The molecule has 1 atom stereocenters. The molecular weight excluding hydrogens is 564 g/mol. The van der Waals surface area contributed by atoms with Crippen LogP contribution in [0.2, 0.25) is 0 Å². The maximum absolute atomic E-state index is 14.1. The van der Waals surface area contributed by atoms with Gasteiger partial charge in [0.05, 0.1) is 28.4 Å². The van der Waals surface area contributed by atoms with Crippen LogP contribution in [0.3, 0.4) is 0 Å². The van der Waals surface area contributed by atoms with E-state index in [4.69, 9.17) is 9.72 Å². The van der Waals surface area contributed by atoms with Crippen LogP contribution in [0, 0.1) is 0 Å². The Hall–Kier alpha value is -3.54. The molecule has 0 spiro atoms. The van der Waals surface area contributed by atoms with Gasteiger partial charge in [-0.3, -0.25) is 14.4 Å². The van der Waals surface area contributed by atoms with Gasteiger partial charge in [0.15, 0.2) is 5.52 Å². The Morgan fingerprint density at radius 1 is 1.05 bits per heavy atom. The Bertz CT molecular complexity index is 1730. The lowest BCUT2D eigenvalue weighted by molar-refractivity contribution is 0.0710. The number of sulfonamides is 1. The molecule has 4 aromatic rings. The zero-order chi connectivity index (χ0) is 30.6. The summed E-state index contributed by atoms with van der Waals surface area (Å²) in [6.07, 6.45) is 5.98. The predicted molar refractivity (Wildman–Crippen MR) is 169 cm³/mol. The first kappa shape index (κ1) is 30.9. The molecule has 2 aromatic heterocycles. The van der Waals surface area contributed by atoms with E-state index in [1.165, 1.54) is 0 Å². The molecule has 1 aliphatic heterocycles. The highest BCUT2D eigenvalue weighted by molar-refractivity contribution is 7.89. The molecule has 0 amide bonds. The number of hydrogen-bond donors (Lipinski definition) is 2. The fourth-order valence-electron chi connectivity index (χ4n) is 5.92. The number of H-pyrrole nitrogens is 1. The van der Waals surface area contributed by atoms with Crippen molar-refractivity contribution in [3.05, 3.63) is 70.1 Å². The number of benzene rings is 2. The molecule has 11 heteroatoms. The smallest absolute Gasteiger partial charge is 0.277 e. The van der Waals surface area contributed by atoms with Gasteiger partial charge >= 0.3 is 0 Å². The molecule has 1 aliphatic rings. The lowest BCUT2D eigenvalue weighted by atomic mass is 9.98. The Labute approximate surface area is 253 Å². The molecule has 1 unspecified atom stereocenters. The minimum absolute atomic E-state index is 0.0744. The number of rotatable bonds is 12. The van der Waals surface area contributed by atoms with Crippen LogP contribution in [0.15, 0.2) is 58.2 Å². The average molecular weight is 607 g/mol. The van der Waals surface area contributed by atoms with Crippen molar-refractivity contribution in [3.63, 3.8) is 0 Å². The molecule has 2 aromatic carbocycles. The molecule has 0 bridgehead atoms. The first-order chi connectivity index (χ1) is 20.6. The topological polar surface area (TPSA) is 122 Å². The quantitative estimate of drug-likeness (QED) is 0.238. The van der Waals surface area contributed by atoms with Crippen molar-refractivity contribution < 1.29 is 13.2 Å². The number of nitrogens with zero attached hydrogens (tertiary/aromatic N) is 4. The molecule has 10 nitrogen and oxygen atoms in total. The summed E-state index contributed by atoms with van der Waals surface area (Å²) in [5.41, 5.74) is 1.90. The Kier molecular flexibility index (Phi) is 9.33. The van der Waals surface area contributed by atoms with Crippen LogP contribution in [0.1, 0.15) is 64.1 Å². The standard InChI is InChI=1S/C32H42N6O4S/c1-5-13-26-28-29(37(4)35-26)31(39)34-30(33-28)25-21-24(16-17-27(25)42-20-6-2)43(40,41)36-32(3,38-18-11-8-12-19-38)22-23-14-9-7-10-15-23/h7,9-10,14-17,21,36H,5-6,8,11-13,18-20,22H2,1-4H3,(H,33,34,39). The lowest BCUT2D eigenvalue weighted by Crippen LogP contribution is -2.61. The first-order valence-corrected chi connectivity index (χ1v) is 16.7. The SMILES string of the molecule is CCCOc1ccc(S(=O)(=O)NC(C)(Cc2ccccc2)N2CCCCC2)cc1-c1nc2c(CCC)nn(C)c2c(=O)[nH]1. The maximum Gasteiger partial charge on any atom is 0.277 e. The maximum atomic E-state index is 14.1. The van der Waals surface area contributed by atoms with E-state index in [2.05, 4.69) is 19.7 Å². The number of hydrogen-bond acceptors (Lipinski definition) is 7. The van der Waals surface area contributed by atoms with Crippen LogP contribution < -0.4 is 15.0 Å². The molecule has 3 heterocycles. The number of aromatic nitrogens is 4. The van der Waals surface area contributed by atoms with Gasteiger partial charge in [-0.05, 0) is 69.5 Å². The number of piperidine rings is 1. The third kappa shape index (κ3) is 6.68. The Balaban J connectivity index is 1.58. The summed E-state index contributed by atoms with van der Waals surface area (Å²) >= 11 is 0. The molecule has 1 fully saturated rings. The summed E-state index contributed by atoms with van der Waals surface area (Å²) in [4.78, 5) is 23.2. The number of fused-ring (bicyclic) bond motifs is 1. The third-order valence-electron chi connectivity index (χ3n) is 8.03. The molecule has 0 aliphatic carbocycles. The fourth-order valence-corrected chi connectivity index (χ4v) is 7.34. The fraction of sp³-hybridized carbons (Fsp3) is 0.469. The van der Waals surface area contributed by atoms with E-state index in [1.807, 2.05) is 51.1 Å². The van der Waals surface area contributed by atoms with Gasteiger partial charge in [0.2, 0.25) is 10.0 Å². The highest BCUT2D eigenvalue weighted by Gasteiger charge is 2.37. The van der Waals surface area contributed by atoms with Crippen molar-refractivity contribution in [2.45, 2.75) is 76.3 Å². The number of likely N-dealkylation sites (tertiary alicyclic amines) is 1. The first-order valence-electron chi connectivity index (χ1n) is 15.2. The van der Waals surface area contributed by atoms with Crippen molar-refractivity contribution in [1.82, 2.24) is 29.4 Å². The van der Waals surface area contributed by atoms with Gasteiger partial charge in [-0.1, -0.05) is 57.0 Å². The third-order valence-corrected chi connectivity index (χ3v) is 9.61. The van der Waals surface area contributed by atoms with E-state index in [9.17, 15) is 13.2 Å². The molecule has 0 radical (unpaired) electrons. The van der Waals surface area contributed by atoms with Crippen LogP contribution in [0.5, 0.6) is 5.75 Å². The van der Waals surface area contributed by atoms with E-state index < -0.39 is 15.7 Å².